The number of benzene rings is 2. The fourth-order valence-corrected chi connectivity index (χ4v) is 2.20. The smallest absolute Gasteiger partial charge is 0.416 e. The molecule has 0 radical (unpaired) electrons. The number of ether oxygens (including phenoxy) is 3. The molecule has 2 aromatic rings. The van der Waals surface area contributed by atoms with Gasteiger partial charge in [0.05, 0.1) is 12.2 Å². The number of alkyl halides is 3. The molecule has 0 amide bonds. The quantitative estimate of drug-likeness (QED) is 0.474. The molecule has 0 heterocycles. The van der Waals surface area contributed by atoms with E-state index in [-0.39, 0.29) is 18.8 Å². The maximum Gasteiger partial charge on any atom is 0.416 e. The lowest BCUT2D eigenvalue weighted by Crippen LogP contribution is -2.26. The SMILES string of the molecule is CCOC(=O)CC(=O)C(C)Oc1ccc(Oc2ccc(C(F)(F)F)cc2)cc1. The van der Waals surface area contributed by atoms with E-state index < -0.39 is 29.6 Å². The van der Waals surface area contributed by atoms with Crippen LogP contribution >= 0.6 is 0 Å². The molecule has 0 N–H and O–H groups in total. The van der Waals surface area contributed by atoms with Crippen LogP contribution in [0.25, 0.3) is 0 Å². The number of carbonyl (C=O) groups excluding carboxylic acids is 2. The van der Waals surface area contributed by atoms with E-state index in [1.165, 1.54) is 19.1 Å². The third-order valence-electron chi connectivity index (χ3n) is 3.63. The van der Waals surface area contributed by atoms with Crippen LogP contribution in [-0.4, -0.2) is 24.5 Å². The Bertz CT molecular complexity index is 798. The maximum absolute atomic E-state index is 12.6. The molecule has 2 rings (SSSR count). The average Bonchev–Trinajstić information content (AvgIpc) is 2.63. The van der Waals surface area contributed by atoms with E-state index in [0.29, 0.717) is 11.5 Å². The predicted octanol–water partition coefficient (Wildman–Crippen LogP) is 4.79. The molecule has 0 saturated heterocycles. The molecule has 0 spiro atoms. The van der Waals surface area contributed by atoms with Crippen LogP contribution in [0.15, 0.2) is 48.5 Å². The predicted molar refractivity (Wildman–Crippen MR) is 94.3 cm³/mol. The number of halogens is 3. The molecular weight excluding hydrogens is 377 g/mol. The lowest BCUT2D eigenvalue weighted by atomic mass is 10.2. The number of hydrogen-bond acceptors (Lipinski definition) is 5. The third-order valence-corrected chi connectivity index (χ3v) is 3.63. The van der Waals surface area contributed by atoms with Gasteiger partial charge < -0.3 is 14.2 Å². The van der Waals surface area contributed by atoms with Gasteiger partial charge in [0.15, 0.2) is 11.9 Å². The molecule has 0 saturated carbocycles. The minimum Gasteiger partial charge on any atom is -0.483 e. The van der Waals surface area contributed by atoms with Crippen molar-refractivity contribution >= 4 is 11.8 Å². The zero-order valence-electron chi connectivity index (χ0n) is 15.3. The average molecular weight is 396 g/mol. The Kier molecular flexibility index (Phi) is 7.03. The molecule has 28 heavy (non-hydrogen) atoms. The fourth-order valence-electron chi connectivity index (χ4n) is 2.20. The van der Waals surface area contributed by atoms with Gasteiger partial charge in [0.25, 0.3) is 0 Å². The number of carbonyl (C=O) groups is 2. The molecule has 1 unspecified atom stereocenters. The highest BCUT2D eigenvalue weighted by molar-refractivity contribution is 5.97. The van der Waals surface area contributed by atoms with Crippen molar-refractivity contribution in [1.82, 2.24) is 0 Å². The molecule has 0 bridgehead atoms. The Hall–Kier alpha value is -3.03. The van der Waals surface area contributed by atoms with Crippen LogP contribution < -0.4 is 9.47 Å². The Labute approximate surface area is 160 Å². The maximum atomic E-state index is 12.6. The summed E-state index contributed by atoms with van der Waals surface area (Å²) in [6.45, 7) is 3.37. The number of ketones is 1. The van der Waals surface area contributed by atoms with Gasteiger partial charge in [-0.15, -0.1) is 0 Å². The molecule has 150 valence electrons. The van der Waals surface area contributed by atoms with Crippen molar-refractivity contribution < 1.29 is 37.0 Å². The Balaban J connectivity index is 1.92. The Morgan fingerprint density at radius 2 is 1.43 bits per heavy atom. The van der Waals surface area contributed by atoms with Crippen LogP contribution in [0.3, 0.4) is 0 Å². The van der Waals surface area contributed by atoms with Gasteiger partial charge >= 0.3 is 12.1 Å². The van der Waals surface area contributed by atoms with Gasteiger partial charge in [-0.3, -0.25) is 9.59 Å². The molecule has 0 aliphatic rings. The summed E-state index contributed by atoms with van der Waals surface area (Å²) in [5, 5.41) is 0. The fraction of sp³-hybridized carbons (Fsp3) is 0.300. The molecule has 5 nitrogen and oxygen atoms in total. The number of esters is 1. The van der Waals surface area contributed by atoms with Crippen LogP contribution in [0.2, 0.25) is 0 Å². The topological polar surface area (TPSA) is 61.8 Å². The first-order valence-corrected chi connectivity index (χ1v) is 8.49. The van der Waals surface area contributed by atoms with Crippen molar-refractivity contribution in [2.75, 3.05) is 6.61 Å². The monoisotopic (exact) mass is 396 g/mol. The Morgan fingerprint density at radius 3 is 1.93 bits per heavy atom. The molecule has 8 heteroatoms. The van der Waals surface area contributed by atoms with Crippen LogP contribution in [0.1, 0.15) is 25.8 Å². The van der Waals surface area contributed by atoms with Gasteiger partial charge in [-0.2, -0.15) is 13.2 Å². The van der Waals surface area contributed by atoms with Crippen LogP contribution in [0, 0.1) is 0 Å². The summed E-state index contributed by atoms with van der Waals surface area (Å²) >= 11 is 0. The zero-order valence-corrected chi connectivity index (χ0v) is 15.3. The summed E-state index contributed by atoms with van der Waals surface area (Å²) in [5.41, 5.74) is -0.759. The molecule has 0 aromatic heterocycles. The van der Waals surface area contributed by atoms with E-state index >= 15 is 0 Å². The second kappa shape index (κ2) is 9.25. The molecule has 0 aliphatic carbocycles. The van der Waals surface area contributed by atoms with Crippen molar-refractivity contribution in [2.24, 2.45) is 0 Å². The highest BCUT2D eigenvalue weighted by Gasteiger charge is 2.30. The van der Waals surface area contributed by atoms with Gasteiger partial charge in [-0.1, -0.05) is 0 Å². The first-order chi connectivity index (χ1) is 13.2. The summed E-state index contributed by atoms with van der Waals surface area (Å²) in [4.78, 5) is 23.2. The van der Waals surface area contributed by atoms with Crippen LogP contribution in [-0.2, 0) is 20.5 Å². The first kappa shape index (κ1) is 21.3. The van der Waals surface area contributed by atoms with Crippen molar-refractivity contribution in [3.63, 3.8) is 0 Å². The van der Waals surface area contributed by atoms with E-state index in [1.54, 1.807) is 31.2 Å². The van der Waals surface area contributed by atoms with Crippen molar-refractivity contribution in [2.45, 2.75) is 32.5 Å². The lowest BCUT2D eigenvalue weighted by Gasteiger charge is -2.14. The Morgan fingerprint density at radius 1 is 0.929 bits per heavy atom. The van der Waals surface area contributed by atoms with Gasteiger partial charge in [0.1, 0.15) is 23.7 Å². The summed E-state index contributed by atoms with van der Waals surface area (Å²) in [6, 6.07) is 10.5. The lowest BCUT2D eigenvalue weighted by molar-refractivity contribution is -0.147. The van der Waals surface area contributed by atoms with Crippen LogP contribution in [0.5, 0.6) is 17.2 Å². The van der Waals surface area contributed by atoms with E-state index in [0.717, 1.165) is 12.1 Å². The molecule has 2 aromatic carbocycles. The van der Waals surface area contributed by atoms with Crippen molar-refractivity contribution in [3.8, 4) is 17.2 Å². The highest BCUT2D eigenvalue weighted by Crippen LogP contribution is 2.31. The summed E-state index contributed by atoms with van der Waals surface area (Å²) in [5.74, 6) is -0.00601. The van der Waals surface area contributed by atoms with E-state index in [4.69, 9.17) is 14.2 Å². The minimum atomic E-state index is -4.40. The number of rotatable bonds is 8. The third kappa shape index (κ3) is 6.29. The largest absolute Gasteiger partial charge is 0.483 e. The molecule has 0 aliphatic heterocycles. The zero-order chi connectivity index (χ0) is 20.7. The number of Topliss-reactive ketones (excluding diaryl/α,β-unsaturated/α-hetero) is 1. The van der Waals surface area contributed by atoms with Crippen molar-refractivity contribution in [1.29, 1.82) is 0 Å². The molecule has 0 fully saturated rings. The van der Waals surface area contributed by atoms with Gasteiger partial charge in [0, 0.05) is 0 Å². The van der Waals surface area contributed by atoms with Gasteiger partial charge in [-0.25, -0.2) is 0 Å². The summed E-state index contributed by atoms with van der Waals surface area (Å²) < 4.78 is 53.3. The van der Waals surface area contributed by atoms with E-state index in [1.807, 2.05) is 0 Å². The van der Waals surface area contributed by atoms with E-state index in [9.17, 15) is 22.8 Å². The highest BCUT2D eigenvalue weighted by atomic mass is 19.4. The minimum absolute atomic E-state index is 0.196. The normalized spacial score (nSPS) is 12.2. The second-order valence-corrected chi connectivity index (χ2v) is 5.80. The first-order valence-electron chi connectivity index (χ1n) is 8.49. The van der Waals surface area contributed by atoms with E-state index in [2.05, 4.69) is 0 Å². The van der Waals surface area contributed by atoms with Crippen LogP contribution in [0.4, 0.5) is 13.2 Å². The summed E-state index contributed by atoms with van der Waals surface area (Å²) in [6.07, 6.45) is -5.62. The van der Waals surface area contributed by atoms with Gasteiger partial charge in [0.2, 0.25) is 0 Å². The van der Waals surface area contributed by atoms with Crippen molar-refractivity contribution in [3.05, 3.63) is 54.1 Å². The standard InChI is InChI=1S/C20H19F3O5/c1-3-26-19(25)12-18(24)13(2)27-15-8-10-17(11-9-15)28-16-6-4-14(5-7-16)20(21,22)23/h4-11,13H,3,12H2,1-2H3. The summed E-state index contributed by atoms with van der Waals surface area (Å²) in [7, 11) is 0. The number of hydrogen-bond donors (Lipinski definition) is 0. The molecular formula is C20H19F3O5. The van der Waals surface area contributed by atoms with Gasteiger partial charge in [-0.05, 0) is 62.4 Å². The second-order valence-electron chi connectivity index (χ2n) is 5.80. The molecule has 1 atom stereocenters.